The third-order valence-electron chi connectivity index (χ3n) is 2.04. The van der Waals surface area contributed by atoms with Crippen molar-refractivity contribution < 1.29 is 0 Å². The molecule has 0 bridgehead atoms. The van der Waals surface area contributed by atoms with Gasteiger partial charge in [-0.2, -0.15) is 0 Å². The Morgan fingerprint density at radius 3 is 2.93 bits per heavy atom. The van der Waals surface area contributed by atoms with Crippen LogP contribution in [0.15, 0.2) is 33.6 Å². The molecule has 1 atom stereocenters. The predicted octanol–water partition coefficient (Wildman–Crippen LogP) is 3.93. The van der Waals surface area contributed by atoms with E-state index in [1.54, 1.807) is 0 Å². The quantitative estimate of drug-likeness (QED) is 0.796. The summed E-state index contributed by atoms with van der Waals surface area (Å²) >= 11 is 5.38. The summed E-state index contributed by atoms with van der Waals surface area (Å²) in [4.78, 5) is 1.33. The van der Waals surface area contributed by atoms with Gasteiger partial charge in [0.05, 0.1) is 0 Å². The van der Waals surface area contributed by atoms with E-state index in [-0.39, 0.29) is 0 Å². The van der Waals surface area contributed by atoms with Gasteiger partial charge in [-0.15, -0.1) is 11.8 Å². The van der Waals surface area contributed by atoms with Gasteiger partial charge in [0.1, 0.15) is 0 Å². The highest BCUT2D eigenvalue weighted by Crippen LogP contribution is 2.22. The molecule has 0 aliphatic rings. The zero-order valence-electron chi connectivity index (χ0n) is 9.29. The van der Waals surface area contributed by atoms with Crippen molar-refractivity contribution >= 4 is 27.7 Å². The summed E-state index contributed by atoms with van der Waals surface area (Å²) in [7, 11) is 0. The first-order chi connectivity index (χ1) is 7.22. The van der Waals surface area contributed by atoms with Crippen LogP contribution >= 0.6 is 27.7 Å². The summed E-state index contributed by atoms with van der Waals surface area (Å²) in [5.41, 5.74) is 0. The van der Waals surface area contributed by atoms with Crippen LogP contribution in [0.4, 0.5) is 0 Å². The molecule has 1 aromatic carbocycles. The Morgan fingerprint density at radius 1 is 1.47 bits per heavy atom. The van der Waals surface area contributed by atoms with E-state index in [1.165, 1.54) is 11.3 Å². The van der Waals surface area contributed by atoms with Gasteiger partial charge >= 0.3 is 0 Å². The Kier molecular flexibility index (Phi) is 6.37. The number of hydrogen-bond donors (Lipinski definition) is 1. The number of nitrogens with one attached hydrogen (secondary N) is 1. The zero-order chi connectivity index (χ0) is 11.1. The largest absolute Gasteiger partial charge is 0.313 e. The van der Waals surface area contributed by atoms with E-state index < -0.39 is 0 Å². The minimum Gasteiger partial charge on any atom is -0.313 e. The summed E-state index contributed by atoms with van der Waals surface area (Å²) in [5.74, 6) is 1.12. The van der Waals surface area contributed by atoms with E-state index in [0.29, 0.717) is 6.04 Å². The molecular formula is C12H18BrNS. The summed E-state index contributed by atoms with van der Waals surface area (Å²) < 4.78 is 1.15. The number of hydrogen-bond acceptors (Lipinski definition) is 2. The first-order valence-corrected chi connectivity index (χ1v) is 7.12. The lowest BCUT2D eigenvalue weighted by molar-refractivity contribution is 0.590. The second-order valence-corrected chi connectivity index (χ2v) is 5.63. The van der Waals surface area contributed by atoms with E-state index in [1.807, 2.05) is 11.8 Å². The maximum absolute atomic E-state index is 3.48. The van der Waals surface area contributed by atoms with Crippen LogP contribution in [0.2, 0.25) is 0 Å². The van der Waals surface area contributed by atoms with Crippen LogP contribution in [0.5, 0.6) is 0 Å². The highest BCUT2D eigenvalue weighted by molar-refractivity contribution is 9.10. The van der Waals surface area contributed by atoms with Crippen molar-refractivity contribution in [3.05, 3.63) is 28.7 Å². The standard InChI is InChI=1S/C12H18BrNS/c1-3-7-14-10(2)9-15-12-6-4-5-11(13)8-12/h4-6,8,10,14H,3,7,9H2,1-2H3. The Bertz CT molecular complexity index is 291. The van der Waals surface area contributed by atoms with Crippen molar-refractivity contribution in [2.75, 3.05) is 12.3 Å². The van der Waals surface area contributed by atoms with Crippen molar-refractivity contribution in [1.29, 1.82) is 0 Å². The van der Waals surface area contributed by atoms with Gasteiger partial charge < -0.3 is 5.32 Å². The van der Waals surface area contributed by atoms with Crippen LogP contribution in [0.1, 0.15) is 20.3 Å². The Morgan fingerprint density at radius 2 is 2.27 bits per heavy atom. The maximum Gasteiger partial charge on any atom is 0.0186 e. The minimum atomic E-state index is 0.578. The smallest absolute Gasteiger partial charge is 0.0186 e. The number of rotatable bonds is 6. The van der Waals surface area contributed by atoms with Gasteiger partial charge in [0, 0.05) is 21.2 Å². The van der Waals surface area contributed by atoms with Crippen molar-refractivity contribution in [2.45, 2.75) is 31.2 Å². The number of benzene rings is 1. The lowest BCUT2D eigenvalue weighted by Crippen LogP contribution is -2.28. The molecule has 0 saturated heterocycles. The zero-order valence-corrected chi connectivity index (χ0v) is 11.7. The summed E-state index contributed by atoms with van der Waals surface area (Å²) in [6, 6.07) is 9.03. The van der Waals surface area contributed by atoms with Gasteiger partial charge in [0.25, 0.3) is 0 Å². The normalized spacial score (nSPS) is 12.7. The fraction of sp³-hybridized carbons (Fsp3) is 0.500. The third-order valence-corrected chi connectivity index (χ3v) is 3.79. The van der Waals surface area contributed by atoms with Crippen molar-refractivity contribution in [3.63, 3.8) is 0 Å². The molecule has 0 spiro atoms. The van der Waals surface area contributed by atoms with Crippen molar-refractivity contribution in [3.8, 4) is 0 Å². The van der Waals surface area contributed by atoms with E-state index in [0.717, 1.165) is 16.8 Å². The molecule has 1 aromatic rings. The predicted molar refractivity (Wildman–Crippen MR) is 72.6 cm³/mol. The average Bonchev–Trinajstić information content (AvgIpc) is 2.23. The number of halogens is 1. The molecule has 0 aromatic heterocycles. The fourth-order valence-electron chi connectivity index (χ4n) is 1.23. The highest BCUT2D eigenvalue weighted by Gasteiger charge is 2.01. The van der Waals surface area contributed by atoms with E-state index in [2.05, 4.69) is 59.4 Å². The van der Waals surface area contributed by atoms with Crippen LogP contribution in [-0.4, -0.2) is 18.3 Å². The van der Waals surface area contributed by atoms with E-state index in [9.17, 15) is 0 Å². The monoisotopic (exact) mass is 287 g/mol. The molecule has 1 unspecified atom stereocenters. The Labute approximate surface area is 105 Å². The van der Waals surface area contributed by atoms with Gasteiger partial charge in [-0.05, 0) is 38.1 Å². The first kappa shape index (κ1) is 13.1. The van der Waals surface area contributed by atoms with Crippen molar-refractivity contribution in [2.24, 2.45) is 0 Å². The molecule has 0 radical (unpaired) electrons. The first-order valence-electron chi connectivity index (χ1n) is 5.34. The minimum absolute atomic E-state index is 0.578. The van der Waals surface area contributed by atoms with Gasteiger partial charge in [-0.1, -0.05) is 28.9 Å². The molecule has 1 rings (SSSR count). The van der Waals surface area contributed by atoms with E-state index >= 15 is 0 Å². The molecule has 15 heavy (non-hydrogen) atoms. The van der Waals surface area contributed by atoms with Gasteiger partial charge in [-0.25, -0.2) is 0 Å². The lowest BCUT2D eigenvalue weighted by Gasteiger charge is -2.12. The van der Waals surface area contributed by atoms with Crippen LogP contribution in [0.3, 0.4) is 0 Å². The second-order valence-electron chi connectivity index (χ2n) is 3.62. The second kappa shape index (κ2) is 7.31. The van der Waals surface area contributed by atoms with E-state index in [4.69, 9.17) is 0 Å². The van der Waals surface area contributed by atoms with Gasteiger partial charge in [-0.3, -0.25) is 0 Å². The summed E-state index contributed by atoms with van der Waals surface area (Å²) in [5, 5.41) is 3.48. The molecule has 1 N–H and O–H groups in total. The van der Waals surface area contributed by atoms with Crippen LogP contribution in [0.25, 0.3) is 0 Å². The average molecular weight is 288 g/mol. The lowest BCUT2D eigenvalue weighted by atomic mass is 10.3. The van der Waals surface area contributed by atoms with Crippen LogP contribution in [-0.2, 0) is 0 Å². The fourth-order valence-corrected chi connectivity index (χ4v) is 2.72. The molecule has 1 nitrogen and oxygen atoms in total. The van der Waals surface area contributed by atoms with Gasteiger partial charge in [0.2, 0.25) is 0 Å². The highest BCUT2D eigenvalue weighted by atomic mass is 79.9. The molecule has 0 saturated carbocycles. The molecule has 0 heterocycles. The van der Waals surface area contributed by atoms with Gasteiger partial charge in [0.15, 0.2) is 0 Å². The Balaban J connectivity index is 2.30. The van der Waals surface area contributed by atoms with Crippen LogP contribution in [0, 0.1) is 0 Å². The molecule has 84 valence electrons. The molecule has 0 aliphatic heterocycles. The number of thioether (sulfide) groups is 1. The molecule has 0 amide bonds. The molecule has 3 heteroatoms. The topological polar surface area (TPSA) is 12.0 Å². The van der Waals surface area contributed by atoms with Crippen LogP contribution < -0.4 is 5.32 Å². The third kappa shape index (κ3) is 5.59. The van der Waals surface area contributed by atoms with Crippen molar-refractivity contribution in [1.82, 2.24) is 5.32 Å². The molecule has 0 fully saturated rings. The summed E-state index contributed by atoms with van der Waals surface area (Å²) in [6.45, 7) is 5.54. The SMILES string of the molecule is CCCNC(C)CSc1cccc(Br)c1. The summed E-state index contributed by atoms with van der Waals surface area (Å²) in [6.07, 6.45) is 1.20. The molecule has 0 aliphatic carbocycles. The Hall–Kier alpha value is 0.01000. The molecular weight excluding hydrogens is 270 g/mol. The maximum atomic E-state index is 3.48.